The van der Waals surface area contributed by atoms with Crippen LogP contribution in [0, 0.1) is 12.8 Å². The first-order valence-electron chi connectivity index (χ1n) is 5.68. The number of thiophene rings is 1. The number of hydrogen-bond donors (Lipinski definition) is 1. The smallest absolute Gasteiger partial charge is 0.264 e. The first-order valence-corrected chi connectivity index (χ1v) is 6.56. The fourth-order valence-electron chi connectivity index (χ4n) is 2.14. The van der Waals surface area contributed by atoms with Gasteiger partial charge in [-0.1, -0.05) is 0 Å². The average molecular weight is 238 g/mol. The second-order valence-electron chi connectivity index (χ2n) is 4.59. The van der Waals surface area contributed by atoms with Gasteiger partial charge in [0, 0.05) is 19.1 Å². The van der Waals surface area contributed by atoms with E-state index in [0.29, 0.717) is 5.92 Å². The van der Waals surface area contributed by atoms with Gasteiger partial charge in [0.15, 0.2) is 0 Å². The Morgan fingerprint density at radius 1 is 1.69 bits per heavy atom. The molecule has 1 fully saturated rings. The Hall–Kier alpha value is -0.870. The van der Waals surface area contributed by atoms with Crippen molar-refractivity contribution < 1.29 is 4.79 Å². The molecule has 0 aliphatic carbocycles. The second-order valence-corrected chi connectivity index (χ2v) is 5.51. The van der Waals surface area contributed by atoms with Crippen molar-refractivity contribution in [2.45, 2.75) is 26.3 Å². The van der Waals surface area contributed by atoms with Crippen LogP contribution in [0.1, 0.15) is 28.6 Å². The standard InChI is InChI=1S/C12H18N2OS/c1-8-4-6-16-11(8)12(15)14-5-3-10(7-14)9(2)13/h4,6,9-10H,3,5,7,13H2,1-2H3. The van der Waals surface area contributed by atoms with E-state index in [0.717, 1.165) is 30.0 Å². The third-order valence-electron chi connectivity index (χ3n) is 3.31. The lowest BCUT2D eigenvalue weighted by Crippen LogP contribution is -2.32. The number of rotatable bonds is 2. The molecule has 2 rings (SSSR count). The zero-order valence-corrected chi connectivity index (χ0v) is 10.6. The molecule has 0 aromatic carbocycles. The number of nitrogens with zero attached hydrogens (tertiary/aromatic N) is 1. The van der Waals surface area contributed by atoms with Crippen LogP contribution < -0.4 is 5.73 Å². The summed E-state index contributed by atoms with van der Waals surface area (Å²) >= 11 is 1.53. The van der Waals surface area contributed by atoms with E-state index in [1.54, 1.807) is 0 Å². The van der Waals surface area contributed by atoms with E-state index >= 15 is 0 Å². The Morgan fingerprint density at radius 2 is 2.44 bits per heavy atom. The summed E-state index contributed by atoms with van der Waals surface area (Å²) in [5.74, 6) is 0.639. The molecule has 1 aromatic heterocycles. The Bertz CT molecular complexity index is 386. The molecule has 1 amide bonds. The number of aryl methyl sites for hydroxylation is 1. The Balaban J connectivity index is 2.05. The molecule has 0 radical (unpaired) electrons. The number of hydrogen-bond acceptors (Lipinski definition) is 3. The summed E-state index contributed by atoms with van der Waals surface area (Å²) in [6.07, 6.45) is 1.04. The third kappa shape index (κ3) is 2.13. The SMILES string of the molecule is Cc1ccsc1C(=O)N1CCC(C(C)N)C1. The summed E-state index contributed by atoms with van der Waals surface area (Å²) < 4.78 is 0. The number of likely N-dealkylation sites (tertiary alicyclic amines) is 1. The van der Waals surface area contributed by atoms with Gasteiger partial charge in [0.05, 0.1) is 4.88 Å². The molecule has 1 aromatic rings. The molecule has 2 unspecified atom stereocenters. The van der Waals surface area contributed by atoms with Gasteiger partial charge in [-0.2, -0.15) is 0 Å². The van der Waals surface area contributed by atoms with Crippen molar-refractivity contribution in [2.24, 2.45) is 11.7 Å². The van der Waals surface area contributed by atoms with Crippen molar-refractivity contribution in [1.82, 2.24) is 4.90 Å². The minimum Gasteiger partial charge on any atom is -0.338 e. The molecular weight excluding hydrogens is 220 g/mol. The van der Waals surface area contributed by atoms with Crippen LogP contribution in [0.5, 0.6) is 0 Å². The van der Waals surface area contributed by atoms with Crippen molar-refractivity contribution in [3.63, 3.8) is 0 Å². The topological polar surface area (TPSA) is 46.3 Å². The summed E-state index contributed by atoms with van der Waals surface area (Å²) in [4.78, 5) is 15.0. The van der Waals surface area contributed by atoms with Crippen molar-refractivity contribution in [3.05, 3.63) is 21.9 Å². The minimum absolute atomic E-state index is 0.177. The summed E-state index contributed by atoms with van der Waals surface area (Å²) in [5.41, 5.74) is 6.96. The van der Waals surface area contributed by atoms with E-state index in [9.17, 15) is 4.79 Å². The van der Waals surface area contributed by atoms with Crippen LogP contribution in [0.3, 0.4) is 0 Å². The van der Waals surface area contributed by atoms with Crippen LogP contribution in [-0.4, -0.2) is 29.9 Å². The van der Waals surface area contributed by atoms with Crippen LogP contribution in [-0.2, 0) is 0 Å². The van der Waals surface area contributed by atoms with E-state index in [-0.39, 0.29) is 11.9 Å². The van der Waals surface area contributed by atoms with E-state index in [1.807, 2.05) is 30.2 Å². The molecule has 16 heavy (non-hydrogen) atoms. The lowest BCUT2D eigenvalue weighted by molar-refractivity contribution is 0.0790. The number of amides is 1. The molecule has 0 bridgehead atoms. The summed E-state index contributed by atoms with van der Waals surface area (Å²) in [5, 5.41) is 1.97. The molecule has 0 spiro atoms. The van der Waals surface area contributed by atoms with Gasteiger partial charge in [0.2, 0.25) is 0 Å². The Morgan fingerprint density at radius 3 is 2.94 bits per heavy atom. The lowest BCUT2D eigenvalue weighted by atomic mass is 10.0. The van der Waals surface area contributed by atoms with Crippen molar-refractivity contribution in [3.8, 4) is 0 Å². The molecule has 3 nitrogen and oxygen atoms in total. The van der Waals surface area contributed by atoms with Crippen LogP contribution in [0.4, 0.5) is 0 Å². The molecule has 2 N–H and O–H groups in total. The van der Waals surface area contributed by atoms with Crippen LogP contribution in [0.2, 0.25) is 0 Å². The van der Waals surface area contributed by atoms with E-state index in [1.165, 1.54) is 11.3 Å². The first kappa shape index (κ1) is 11.6. The maximum atomic E-state index is 12.2. The normalized spacial score (nSPS) is 22.4. The van der Waals surface area contributed by atoms with Crippen LogP contribution in [0.15, 0.2) is 11.4 Å². The number of nitrogens with two attached hydrogens (primary N) is 1. The summed E-state index contributed by atoms with van der Waals surface area (Å²) in [6, 6.07) is 2.18. The van der Waals surface area contributed by atoms with Gasteiger partial charge in [-0.15, -0.1) is 11.3 Å². The Labute approximate surface area is 100 Å². The van der Waals surface area contributed by atoms with Gasteiger partial charge in [-0.3, -0.25) is 4.79 Å². The van der Waals surface area contributed by atoms with Crippen LogP contribution in [0.25, 0.3) is 0 Å². The predicted octanol–water partition coefficient (Wildman–Crippen LogP) is 1.87. The molecule has 0 saturated carbocycles. The highest BCUT2D eigenvalue weighted by Gasteiger charge is 2.29. The second kappa shape index (κ2) is 4.55. The van der Waals surface area contributed by atoms with E-state index < -0.39 is 0 Å². The van der Waals surface area contributed by atoms with Crippen molar-refractivity contribution >= 4 is 17.2 Å². The van der Waals surface area contributed by atoms with Gasteiger partial charge in [0.1, 0.15) is 0 Å². The third-order valence-corrected chi connectivity index (χ3v) is 4.32. The Kier molecular flexibility index (Phi) is 3.30. The van der Waals surface area contributed by atoms with Gasteiger partial charge in [-0.05, 0) is 43.2 Å². The zero-order valence-electron chi connectivity index (χ0n) is 9.77. The minimum atomic E-state index is 0.177. The highest BCUT2D eigenvalue weighted by molar-refractivity contribution is 7.12. The van der Waals surface area contributed by atoms with Crippen molar-refractivity contribution in [1.29, 1.82) is 0 Å². The van der Waals surface area contributed by atoms with Crippen molar-refractivity contribution in [2.75, 3.05) is 13.1 Å². The molecule has 1 aliphatic heterocycles. The lowest BCUT2D eigenvalue weighted by Gasteiger charge is -2.17. The molecular formula is C12H18N2OS. The van der Waals surface area contributed by atoms with Gasteiger partial charge >= 0.3 is 0 Å². The van der Waals surface area contributed by atoms with Gasteiger partial charge in [0.25, 0.3) is 5.91 Å². The fourth-order valence-corrected chi connectivity index (χ4v) is 3.03. The molecule has 4 heteroatoms. The zero-order chi connectivity index (χ0) is 11.7. The maximum Gasteiger partial charge on any atom is 0.264 e. The number of carbonyl (C=O) groups excluding carboxylic acids is 1. The highest BCUT2D eigenvalue weighted by Crippen LogP contribution is 2.24. The number of carbonyl (C=O) groups is 1. The molecule has 88 valence electrons. The highest BCUT2D eigenvalue weighted by atomic mass is 32.1. The predicted molar refractivity (Wildman–Crippen MR) is 66.7 cm³/mol. The van der Waals surface area contributed by atoms with E-state index in [4.69, 9.17) is 5.73 Å². The molecule has 2 heterocycles. The average Bonchev–Trinajstić information content (AvgIpc) is 2.84. The summed E-state index contributed by atoms with van der Waals surface area (Å²) in [7, 11) is 0. The largest absolute Gasteiger partial charge is 0.338 e. The van der Waals surface area contributed by atoms with Gasteiger partial charge in [-0.25, -0.2) is 0 Å². The molecule has 1 aliphatic rings. The van der Waals surface area contributed by atoms with E-state index in [2.05, 4.69) is 0 Å². The summed E-state index contributed by atoms with van der Waals surface area (Å²) in [6.45, 7) is 5.67. The first-order chi connectivity index (χ1) is 7.59. The quantitative estimate of drug-likeness (QED) is 0.855. The fraction of sp³-hybridized carbons (Fsp3) is 0.583. The van der Waals surface area contributed by atoms with Gasteiger partial charge < -0.3 is 10.6 Å². The monoisotopic (exact) mass is 238 g/mol. The molecule has 1 saturated heterocycles. The molecule has 2 atom stereocenters. The maximum absolute atomic E-state index is 12.2. The van der Waals surface area contributed by atoms with Crippen LogP contribution >= 0.6 is 11.3 Å².